The summed E-state index contributed by atoms with van der Waals surface area (Å²) in [6, 6.07) is 11.7. The van der Waals surface area contributed by atoms with Crippen molar-refractivity contribution in [3.8, 4) is 17.2 Å². The molecule has 0 saturated heterocycles. The van der Waals surface area contributed by atoms with E-state index >= 15 is 0 Å². The first-order valence-corrected chi connectivity index (χ1v) is 7.47. The molecule has 6 heteroatoms. The first-order chi connectivity index (χ1) is 11.3. The van der Waals surface area contributed by atoms with Crippen LogP contribution in [0.15, 0.2) is 47.1 Å². The van der Waals surface area contributed by atoms with Crippen LogP contribution >= 0.6 is 0 Å². The Balaban J connectivity index is 1.77. The number of nitrogens with zero attached hydrogens (tertiary/aromatic N) is 3. The standard InChI is InChI=1S/C17H18N4O2/c1-3-22-14-7-4-6-13(10-14)11-19-16-15(8-5-9-18-16)17-20-12(2)21-23-17/h4-10H,3,11H2,1-2H3,(H,18,19). The van der Waals surface area contributed by atoms with Crippen LogP contribution in [0.1, 0.15) is 18.3 Å². The van der Waals surface area contributed by atoms with E-state index in [1.165, 1.54) is 0 Å². The minimum Gasteiger partial charge on any atom is -0.494 e. The fourth-order valence-electron chi connectivity index (χ4n) is 2.22. The third kappa shape index (κ3) is 3.66. The van der Waals surface area contributed by atoms with Crippen LogP contribution in [0.25, 0.3) is 11.5 Å². The molecule has 23 heavy (non-hydrogen) atoms. The maximum atomic E-state index is 5.52. The van der Waals surface area contributed by atoms with Crippen molar-refractivity contribution in [3.05, 3.63) is 54.0 Å². The second kappa shape index (κ2) is 6.91. The maximum Gasteiger partial charge on any atom is 0.261 e. The van der Waals surface area contributed by atoms with Gasteiger partial charge in [-0.1, -0.05) is 17.3 Å². The Labute approximate surface area is 134 Å². The molecule has 0 unspecified atom stereocenters. The molecule has 0 radical (unpaired) electrons. The van der Waals surface area contributed by atoms with Gasteiger partial charge in [0.25, 0.3) is 5.89 Å². The van der Waals surface area contributed by atoms with E-state index in [0.29, 0.717) is 30.7 Å². The molecule has 2 aromatic heterocycles. The number of aromatic nitrogens is 3. The van der Waals surface area contributed by atoms with Gasteiger partial charge in [0.1, 0.15) is 11.6 Å². The molecular weight excluding hydrogens is 292 g/mol. The van der Waals surface area contributed by atoms with Gasteiger partial charge in [-0.15, -0.1) is 0 Å². The van der Waals surface area contributed by atoms with Gasteiger partial charge in [-0.3, -0.25) is 0 Å². The molecule has 1 N–H and O–H groups in total. The summed E-state index contributed by atoms with van der Waals surface area (Å²) in [5.74, 6) is 2.62. The molecule has 0 amide bonds. The lowest BCUT2D eigenvalue weighted by atomic mass is 10.2. The SMILES string of the molecule is CCOc1cccc(CNc2ncccc2-c2nc(C)no2)c1. The third-order valence-electron chi connectivity index (χ3n) is 3.24. The smallest absolute Gasteiger partial charge is 0.261 e. The van der Waals surface area contributed by atoms with Crippen molar-refractivity contribution in [2.24, 2.45) is 0 Å². The summed E-state index contributed by atoms with van der Waals surface area (Å²) in [6.45, 7) is 5.03. The number of nitrogens with one attached hydrogen (secondary N) is 1. The van der Waals surface area contributed by atoms with E-state index < -0.39 is 0 Å². The van der Waals surface area contributed by atoms with Crippen molar-refractivity contribution in [2.45, 2.75) is 20.4 Å². The van der Waals surface area contributed by atoms with Crippen molar-refractivity contribution in [2.75, 3.05) is 11.9 Å². The number of hydrogen-bond donors (Lipinski definition) is 1. The molecule has 0 saturated carbocycles. The average molecular weight is 310 g/mol. The number of aryl methyl sites for hydroxylation is 1. The summed E-state index contributed by atoms with van der Waals surface area (Å²) in [7, 11) is 0. The van der Waals surface area contributed by atoms with E-state index in [-0.39, 0.29) is 0 Å². The Bertz CT molecular complexity index is 786. The zero-order chi connectivity index (χ0) is 16.1. The molecule has 0 spiro atoms. The van der Waals surface area contributed by atoms with Gasteiger partial charge in [-0.25, -0.2) is 4.98 Å². The van der Waals surface area contributed by atoms with Gasteiger partial charge in [0.15, 0.2) is 5.82 Å². The van der Waals surface area contributed by atoms with Crippen molar-refractivity contribution in [3.63, 3.8) is 0 Å². The summed E-state index contributed by atoms with van der Waals surface area (Å²) in [5, 5.41) is 7.14. The van der Waals surface area contributed by atoms with Crippen molar-refractivity contribution in [1.82, 2.24) is 15.1 Å². The highest BCUT2D eigenvalue weighted by Crippen LogP contribution is 2.25. The lowest BCUT2D eigenvalue weighted by Gasteiger charge is -2.10. The summed E-state index contributed by atoms with van der Waals surface area (Å²) < 4.78 is 10.8. The molecule has 0 fully saturated rings. The second-order valence-electron chi connectivity index (χ2n) is 4.98. The summed E-state index contributed by atoms with van der Waals surface area (Å²) >= 11 is 0. The zero-order valence-electron chi connectivity index (χ0n) is 13.1. The summed E-state index contributed by atoms with van der Waals surface area (Å²) in [4.78, 5) is 8.63. The van der Waals surface area contributed by atoms with E-state index in [4.69, 9.17) is 9.26 Å². The maximum absolute atomic E-state index is 5.52. The van der Waals surface area contributed by atoms with Gasteiger partial charge < -0.3 is 14.6 Å². The molecule has 6 nitrogen and oxygen atoms in total. The van der Waals surface area contributed by atoms with Gasteiger partial charge >= 0.3 is 0 Å². The predicted octanol–water partition coefficient (Wildman–Crippen LogP) is 3.45. The van der Waals surface area contributed by atoms with Crippen molar-refractivity contribution >= 4 is 5.82 Å². The zero-order valence-corrected chi connectivity index (χ0v) is 13.1. The van der Waals surface area contributed by atoms with Gasteiger partial charge in [-0.2, -0.15) is 4.98 Å². The van der Waals surface area contributed by atoms with Gasteiger partial charge in [-0.05, 0) is 43.7 Å². The molecule has 0 bridgehead atoms. The Morgan fingerprint density at radius 3 is 2.91 bits per heavy atom. The van der Waals surface area contributed by atoms with Crippen LogP contribution in [-0.2, 0) is 6.54 Å². The Morgan fingerprint density at radius 2 is 2.13 bits per heavy atom. The third-order valence-corrected chi connectivity index (χ3v) is 3.24. The number of rotatable bonds is 6. The molecule has 0 atom stereocenters. The molecule has 118 valence electrons. The molecule has 2 heterocycles. The van der Waals surface area contributed by atoms with Crippen LogP contribution in [0.2, 0.25) is 0 Å². The predicted molar refractivity (Wildman–Crippen MR) is 87.2 cm³/mol. The molecule has 3 aromatic rings. The summed E-state index contributed by atoms with van der Waals surface area (Å²) in [6.07, 6.45) is 1.73. The molecule has 0 aliphatic carbocycles. The first-order valence-electron chi connectivity index (χ1n) is 7.47. The Hall–Kier alpha value is -2.89. The topological polar surface area (TPSA) is 73.1 Å². The quantitative estimate of drug-likeness (QED) is 0.751. The normalized spacial score (nSPS) is 10.5. The van der Waals surface area contributed by atoms with E-state index in [1.807, 2.05) is 43.3 Å². The van der Waals surface area contributed by atoms with Crippen LogP contribution in [0.5, 0.6) is 5.75 Å². The first kappa shape index (κ1) is 15.0. The Morgan fingerprint density at radius 1 is 1.22 bits per heavy atom. The van der Waals surface area contributed by atoms with E-state index in [1.54, 1.807) is 13.1 Å². The van der Waals surface area contributed by atoms with Crippen molar-refractivity contribution in [1.29, 1.82) is 0 Å². The van der Waals surface area contributed by atoms with Crippen LogP contribution in [0.3, 0.4) is 0 Å². The van der Waals surface area contributed by atoms with Gasteiger partial charge in [0.05, 0.1) is 12.2 Å². The lowest BCUT2D eigenvalue weighted by Crippen LogP contribution is -2.03. The second-order valence-corrected chi connectivity index (χ2v) is 4.98. The molecule has 1 aromatic carbocycles. The minimum absolute atomic E-state index is 0.459. The number of hydrogen-bond acceptors (Lipinski definition) is 6. The van der Waals surface area contributed by atoms with Gasteiger partial charge in [0, 0.05) is 12.7 Å². The van der Waals surface area contributed by atoms with Crippen LogP contribution in [-0.4, -0.2) is 21.7 Å². The number of benzene rings is 1. The largest absolute Gasteiger partial charge is 0.494 e. The van der Waals surface area contributed by atoms with E-state index in [9.17, 15) is 0 Å². The lowest BCUT2D eigenvalue weighted by molar-refractivity contribution is 0.340. The monoisotopic (exact) mass is 310 g/mol. The fraction of sp³-hybridized carbons (Fsp3) is 0.235. The fourth-order valence-corrected chi connectivity index (χ4v) is 2.22. The minimum atomic E-state index is 0.459. The number of ether oxygens (including phenoxy) is 1. The van der Waals surface area contributed by atoms with E-state index in [2.05, 4.69) is 20.4 Å². The number of anilines is 1. The van der Waals surface area contributed by atoms with Crippen molar-refractivity contribution < 1.29 is 9.26 Å². The Kier molecular flexibility index (Phi) is 4.52. The van der Waals surface area contributed by atoms with Crippen LogP contribution in [0, 0.1) is 6.92 Å². The highest BCUT2D eigenvalue weighted by atomic mass is 16.5. The molecule has 0 aliphatic heterocycles. The molecule has 3 rings (SSSR count). The van der Waals surface area contributed by atoms with Crippen LogP contribution < -0.4 is 10.1 Å². The highest BCUT2D eigenvalue weighted by Gasteiger charge is 2.12. The molecular formula is C17H18N4O2. The van der Waals surface area contributed by atoms with E-state index in [0.717, 1.165) is 16.9 Å². The highest BCUT2D eigenvalue weighted by molar-refractivity contribution is 5.68. The number of pyridine rings is 1. The van der Waals surface area contributed by atoms with Gasteiger partial charge in [0.2, 0.25) is 0 Å². The summed E-state index contributed by atoms with van der Waals surface area (Å²) in [5.41, 5.74) is 1.89. The molecule has 0 aliphatic rings. The van der Waals surface area contributed by atoms with Crippen LogP contribution in [0.4, 0.5) is 5.82 Å². The average Bonchev–Trinajstić information content (AvgIpc) is 3.00.